The molecule has 1 heterocycles. The third kappa shape index (κ3) is 1.59. The predicted octanol–water partition coefficient (Wildman–Crippen LogP) is 1.45. The molecular weight excluding hydrogens is 222 g/mol. The van der Waals surface area contributed by atoms with Crippen LogP contribution in [-0.2, 0) is 0 Å². The lowest BCUT2D eigenvalue weighted by molar-refractivity contribution is -0.385. The molecule has 1 fully saturated rings. The molecule has 1 aromatic heterocycles. The minimum absolute atomic E-state index is 0.0140. The molecule has 1 N–H and O–H groups in total. The molecule has 0 radical (unpaired) electrons. The minimum atomic E-state index is -0.531. The molecule has 7 heteroatoms. The Morgan fingerprint density at radius 3 is 2.67 bits per heavy atom. The van der Waals surface area contributed by atoms with Gasteiger partial charge in [0.25, 0.3) is 0 Å². The molecule has 1 aromatic rings. The zero-order valence-corrected chi connectivity index (χ0v) is 8.81. The summed E-state index contributed by atoms with van der Waals surface area (Å²) in [6.45, 7) is 1.55. The van der Waals surface area contributed by atoms with Crippen LogP contribution >= 0.6 is 11.6 Å². The van der Waals surface area contributed by atoms with Crippen molar-refractivity contribution in [1.29, 1.82) is 0 Å². The van der Waals surface area contributed by atoms with Gasteiger partial charge >= 0.3 is 5.69 Å². The van der Waals surface area contributed by atoms with Crippen molar-refractivity contribution < 1.29 is 10.0 Å². The van der Waals surface area contributed by atoms with E-state index in [9.17, 15) is 10.1 Å². The molecule has 0 bridgehead atoms. The summed E-state index contributed by atoms with van der Waals surface area (Å²) in [5.41, 5.74) is 0.171. The van der Waals surface area contributed by atoms with Crippen molar-refractivity contribution in [3.8, 4) is 0 Å². The van der Waals surface area contributed by atoms with E-state index in [0.29, 0.717) is 18.5 Å². The first kappa shape index (κ1) is 10.4. The summed E-state index contributed by atoms with van der Waals surface area (Å²) < 4.78 is 1.43. The number of aliphatic hydroxyl groups excluding tert-OH is 1. The summed E-state index contributed by atoms with van der Waals surface area (Å²) in [5, 5.41) is 23.9. The van der Waals surface area contributed by atoms with E-state index in [-0.39, 0.29) is 23.0 Å². The summed E-state index contributed by atoms with van der Waals surface area (Å²) in [5.74, 6) is 0. The Labute approximate surface area is 90.6 Å². The molecular formula is C8H10ClN3O3. The molecule has 0 unspecified atom stereocenters. The smallest absolute Gasteiger partial charge is 0.328 e. The molecule has 1 aliphatic carbocycles. The highest BCUT2D eigenvalue weighted by Gasteiger charge is 2.34. The second-order valence-corrected chi connectivity index (χ2v) is 4.06. The van der Waals surface area contributed by atoms with E-state index in [0.717, 1.165) is 0 Å². The summed E-state index contributed by atoms with van der Waals surface area (Å²) in [6, 6.07) is -0.0140. The molecule has 15 heavy (non-hydrogen) atoms. The van der Waals surface area contributed by atoms with E-state index in [1.807, 2.05) is 0 Å². The van der Waals surface area contributed by atoms with Crippen molar-refractivity contribution in [3.05, 3.63) is 21.0 Å². The first-order valence-electron chi connectivity index (χ1n) is 4.57. The minimum Gasteiger partial charge on any atom is -0.393 e. The molecule has 1 saturated carbocycles. The Morgan fingerprint density at radius 1 is 1.67 bits per heavy atom. The van der Waals surface area contributed by atoms with Gasteiger partial charge in [-0.15, -0.1) is 0 Å². The SMILES string of the molecule is Cc1nn(C2CC(O)C2)c(Cl)c1[N+](=O)[O-]. The second kappa shape index (κ2) is 3.46. The van der Waals surface area contributed by atoms with Crippen molar-refractivity contribution in [2.24, 2.45) is 0 Å². The number of aryl methyl sites for hydroxylation is 1. The van der Waals surface area contributed by atoms with Gasteiger partial charge in [0.15, 0.2) is 0 Å². The van der Waals surface area contributed by atoms with Gasteiger partial charge in [0.1, 0.15) is 5.69 Å². The molecule has 0 aromatic carbocycles. The van der Waals surface area contributed by atoms with Crippen molar-refractivity contribution in [1.82, 2.24) is 9.78 Å². The van der Waals surface area contributed by atoms with Crippen molar-refractivity contribution in [2.75, 3.05) is 0 Å². The van der Waals surface area contributed by atoms with Gasteiger partial charge in [0.2, 0.25) is 5.15 Å². The fourth-order valence-corrected chi connectivity index (χ4v) is 2.10. The largest absolute Gasteiger partial charge is 0.393 e. The average molecular weight is 232 g/mol. The van der Waals surface area contributed by atoms with E-state index >= 15 is 0 Å². The lowest BCUT2D eigenvalue weighted by Crippen LogP contribution is -2.31. The van der Waals surface area contributed by atoms with Crippen molar-refractivity contribution in [2.45, 2.75) is 31.9 Å². The fraction of sp³-hybridized carbons (Fsp3) is 0.625. The Balaban J connectivity index is 2.34. The van der Waals surface area contributed by atoms with Crippen LogP contribution in [0.4, 0.5) is 5.69 Å². The van der Waals surface area contributed by atoms with E-state index < -0.39 is 4.92 Å². The summed E-state index contributed by atoms with van der Waals surface area (Å²) >= 11 is 5.86. The van der Waals surface area contributed by atoms with E-state index in [4.69, 9.17) is 16.7 Å². The Kier molecular flexibility index (Phi) is 2.40. The van der Waals surface area contributed by atoms with Gasteiger partial charge in [-0.25, -0.2) is 4.68 Å². The van der Waals surface area contributed by atoms with Crippen LogP contribution < -0.4 is 0 Å². The van der Waals surface area contributed by atoms with Crippen LogP contribution in [0.3, 0.4) is 0 Å². The average Bonchev–Trinajstić information content (AvgIpc) is 2.36. The van der Waals surface area contributed by atoms with Crippen molar-refractivity contribution >= 4 is 17.3 Å². The van der Waals surface area contributed by atoms with Gasteiger partial charge in [0.05, 0.1) is 17.1 Å². The van der Waals surface area contributed by atoms with Crippen LogP contribution in [0.5, 0.6) is 0 Å². The molecule has 2 rings (SSSR count). The van der Waals surface area contributed by atoms with Gasteiger partial charge in [-0.1, -0.05) is 11.6 Å². The number of rotatable bonds is 2. The Morgan fingerprint density at radius 2 is 2.27 bits per heavy atom. The normalized spacial score (nSPS) is 25.0. The van der Waals surface area contributed by atoms with Gasteiger partial charge in [-0.2, -0.15) is 5.10 Å². The molecule has 6 nitrogen and oxygen atoms in total. The standard InChI is InChI=1S/C8H10ClN3O3/c1-4-7(12(14)15)8(9)11(10-4)5-2-6(13)3-5/h5-6,13H,2-3H2,1H3. The summed E-state index contributed by atoms with van der Waals surface area (Å²) in [7, 11) is 0. The number of hydrogen-bond donors (Lipinski definition) is 1. The van der Waals surface area contributed by atoms with Gasteiger partial charge in [0, 0.05) is 0 Å². The molecule has 1 aliphatic rings. The van der Waals surface area contributed by atoms with E-state index in [1.165, 1.54) is 4.68 Å². The van der Waals surface area contributed by atoms with E-state index in [1.54, 1.807) is 6.92 Å². The van der Waals surface area contributed by atoms with Crippen LogP contribution in [0.25, 0.3) is 0 Å². The second-order valence-electron chi connectivity index (χ2n) is 3.71. The van der Waals surface area contributed by atoms with Crippen LogP contribution in [0.15, 0.2) is 0 Å². The van der Waals surface area contributed by atoms with E-state index in [2.05, 4.69) is 5.10 Å². The molecule has 0 atom stereocenters. The predicted molar refractivity (Wildman–Crippen MR) is 52.9 cm³/mol. The van der Waals surface area contributed by atoms with Gasteiger partial charge in [-0.05, 0) is 19.8 Å². The molecule has 0 spiro atoms. The lowest BCUT2D eigenvalue weighted by atomic mass is 9.90. The summed E-state index contributed by atoms with van der Waals surface area (Å²) in [4.78, 5) is 10.1. The maximum absolute atomic E-state index is 10.7. The number of halogens is 1. The first-order chi connectivity index (χ1) is 7.00. The van der Waals surface area contributed by atoms with Crippen LogP contribution in [-0.4, -0.2) is 25.9 Å². The third-order valence-corrected chi connectivity index (χ3v) is 2.97. The van der Waals surface area contributed by atoms with Gasteiger partial charge in [-0.3, -0.25) is 10.1 Å². The third-order valence-electron chi connectivity index (χ3n) is 2.61. The zero-order chi connectivity index (χ0) is 11.2. The number of hydrogen-bond acceptors (Lipinski definition) is 4. The Hall–Kier alpha value is -1.14. The van der Waals surface area contributed by atoms with Crippen LogP contribution in [0.2, 0.25) is 5.15 Å². The zero-order valence-electron chi connectivity index (χ0n) is 8.05. The lowest BCUT2D eigenvalue weighted by Gasteiger charge is -2.31. The number of nitrogens with zero attached hydrogens (tertiary/aromatic N) is 3. The van der Waals surface area contributed by atoms with Crippen molar-refractivity contribution in [3.63, 3.8) is 0 Å². The highest BCUT2D eigenvalue weighted by atomic mass is 35.5. The van der Waals surface area contributed by atoms with Gasteiger partial charge < -0.3 is 5.11 Å². The highest BCUT2D eigenvalue weighted by Crippen LogP contribution is 2.38. The number of nitro groups is 1. The molecule has 0 aliphatic heterocycles. The summed E-state index contributed by atoms with van der Waals surface area (Å²) in [6.07, 6.45) is 0.769. The maximum atomic E-state index is 10.7. The number of aromatic nitrogens is 2. The quantitative estimate of drug-likeness (QED) is 0.617. The molecule has 82 valence electrons. The Bertz CT molecular complexity index is 412. The first-order valence-corrected chi connectivity index (χ1v) is 4.95. The van der Waals surface area contributed by atoms with Crippen LogP contribution in [0.1, 0.15) is 24.6 Å². The maximum Gasteiger partial charge on any atom is 0.328 e. The van der Waals surface area contributed by atoms with Crippen LogP contribution in [0, 0.1) is 17.0 Å². The molecule has 0 saturated heterocycles. The highest BCUT2D eigenvalue weighted by molar-refractivity contribution is 6.31. The monoisotopic (exact) mass is 231 g/mol. The molecule has 0 amide bonds. The fourth-order valence-electron chi connectivity index (χ4n) is 1.72. The topological polar surface area (TPSA) is 81.2 Å². The number of aliphatic hydroxyl groups is 1.